The Balaban J connectivity index is 1.60. The van der Waals surface area contributed by atoms with E-state index in [1.165, 1.54) is 16.0 Å². The summed E-state index contributed by atoms with van der Waals surface area (Å²) in [6.07, 6.45) is 2.39. The minimum Gasteiger partial charge on any atom is -0.295 e. The fourth-order valence-corrected chi connectivity index (χ4v) is 3.93. The van der Waals surface area contributed by atoms with Gasteiger partial charge in [0.1, 0.15) is 5.01 Å². The fourth-order valence-electron chi connectivity index (χ4n) is 3.16. The molecule has 4 aromatic rings. The molecule has 0 aliphatic rings. The second-order valence-electron chi connectivity index (χ2n) is 6.89. The van der Waals surface area contributed by atoms with Crippen LogP contribution in [0.5, 0.6) is 0 Å². The van der Waals surface area contributed by atoms with Gasteiger partial charge in [-0.05, 0) is 18.1 Å². The number of amides is 1. The summed E-state index contributed by atoms with van der Waals surface area (Å²) >= 11 is 1.33. The van der Waals surface area contributed by atoms with Gasteiger partial charge in [-0.15, -0.1) is 10.2 Å². The minimum atomic E-state index is -0.404. The molecule has 7 nitrogen and oxygen atoms in total. The van der Waals surface area contributed by atoms with Crippen molar-refractivity contribution in [3.8, 4) is 0 Å². The van der Waals surface area contributed by atoms with Gasteiger partial charge in [-0.3, -0.25) is 14.9 Å². The molecule has 0 bridgehead atoms. The second-order valence-corrected chi connectivity index (χ2v) is 7.96. The maximum absolute atomic E-state index is 13.0. The number of nitrogens with zero attached hydrogens (tertiary/aromatic N) is 4. The van der Waals surface area contributed by atoms with Crippen molar-refractivity contribution >= 4 is 33.1 Å². The third-order valence-electron chi connectivity index (χ3n) is 4.69. The number of rotatable bonds is 7. The Hall–Kier alpha value is -3.39. The molecule has 0 fully saturated rings. The van der Waals surface area contributed by atoms with Crippen LogP contribution in [0, 0.1) is 0 Å². The first-order valence-corrected chi connectivity index (χ1v) is 10.6. The zero-order valence-electron chi connectivity index (χ0n) is 16.5. The molecule has 8 heteroatoms. The summed E-state index contributed by atoms with van der Waals surface area (Å²) < 4.78 is 1.38. The molecule has 0 saturated carbocycles. The van der Waals surface area contributed by atoms with E-state index >= 15 is 0 Å². The number of fused-ring (bicyclic) bond motifs is 1. The van der Waals surface area contributed by atoms with Crippen molar-refractivity contribution in [1.29, 1.82) is 0 Å². The van der Waals surface area contributed by atoms with Crippen LogP contribution in [0.25, 0.3) is 10.8 Å². The zero-order valence-corrected chi connectivity index (χ0v) is 17.4. The molecule has 4 rings (SSSR count). The smallest absolute Gasteiger partial charge is 0.278 e. The van der Waals surface area contributed by atoms with Gasteiger partial charge in [0.15, 0.2) is 5.69 Å². The molecule has 152 valence electrons. The lowest BCUT2D eigenvalue weighted by atomic mass is 10.1. The third kappa shape index (κ3) is 4.28. The highest BCUT2D eigenvalue weighted by molar-refractivity contribution is 7.15. The molecule has 2 heterocycles. The lowest BCUT2D eigenvalue weighted by Gasteiger charge is -2.10. The topological polar surface area (TPSA) is 89.8 Å². The lowest BCUT2D eigenvalue weighted by Crippen LogP contribution is -2.27. The molecule has 1 N–H and O–H groups in total. The number of nitrogens with one attached hydrogen (secondary N) is 1. The summed E-state index contributed by atoms with van der Waals surface area (Å²) in [6, 6.07) is 17.0. The van der Waals surface area contributed by atoms with Crippen molar-refractivity contribution in [3.05, 3.63) is 81.2 Å². The van der Waals surface area contributed by atoms with Crippen LogP contribution in [0.2, 0.25) is 0 Å². The Morgan fingerprint density at radius 2 is 1.77 bits per heavy atom. The minimum absolute atomic E-state index is 0.184. The van der Waals surface area contributed by atoms with E-state index in [4.69, 9.17) is 0 Å². The molecule has 0 aliphatic heterocycles. The molecule has 0 radical (unpaired) electrons. The van der Waals surface area contributed by atoms with Crippen LogP contribution >= 0.6 is 11.3 Å². The van der Waals surface area contributed by atoms with Gasteiger partial charge >= 0.3 is 0 Å². The molecular weight excluding hydrogens is 398 g/mol. The van der Waals surface area contributed by atoms with Crippen LogP contribution in [0.1, 0.15) is 40.8 Å². The molecule has 0 unspecified atom stereocenters. The number of unbranched alkanes of at least 4 members (excludes halogenated alkanes) is 1. The number of hydrogen-bond donors (Lipinski definition) is 1. The number of carbonyl (C=O) groups excluding carboxylic acids is 1. The van der Waals surface area contributed by atoms with E-state index in [1.54, 1.807) is 24.3 Å². The zero-order chi connectivity index (χ0) is 20.9. The first-order chi connectivity index (χ1) is 14.7. The molecule has 2 aromatic carbocycles. The SMILES string of the molecule is CCCCn1nc(C(=O)Nc2nnc(Cc3ccccc3)s2)c2ccccc2c1=O. The monoisotopic (exact) mass is 419 g/mol. The molecule has 0 aliphatic carbocycles. The average Bonchev–Trinajstić information content (AvgIpc) is 3.20. The number of anilines is 1. The number of carbonyl (C=O) groups is 1. The molecule has 0 spiro atoms. The molecule has 1 amide bonds. The summed E-state index contributed by atoms with van der Waals surface area (Å²) in [5, 5.41) is 17.6. The largest absolute Gasteiger partial charge is 0.295 e. The lowest BCUT2D eigenvalue weighted by molar-refractivity contribution is 0.102. The summed E-state index contributed by atoms with van der Waals surface area (Å²) in [4.78, 5) is 25.7. The molecule has 0 atom stereocenters. The first kappa shape index (κ1) is 19.9. The van der Waals surface area contributed by atoms with Gasteiger partial charge in [0, 0.05) is 18.4 Å². The van der Waals surface area contributed by atoms with E-state index in [9.17, 15) is 9.59 Å². The van der Waals surface area contributed by atoms with Gasteiger partial charge in [0.2, 0.25) is 5.13 Å². The summed E-state index contributed by atoms with van der Waals surface area (Å²) in [5.41, 5.74) is 1.15. The van der Waals surface area contributed by atoms with Crippen LogP contribution in [-0.2, 0) is 13.0 Å². The Labute approximate surface area is 177 Å². The first-order valence-electron chi connectivity index (χ1n) is 9.83. The van der Waals surface area contributed by atoms with Crippen molar-refractivity contribution in [2.24, 2.45) is 0 Å². The highest BCUT2D eigenvalue weighted by atomic mass is 32.1. The molecule has 2 aromatic heterocycles. The van der Waals surface area contributed by atoms with Crippen LogP contribution in [-0.4, -0.2) is 25.9 Å². The van der Waals surface area contributed by atoms with Crippen LogP contribution in [0.3, 0.4) is 0 Å². The number of aromatic nitrogens is 4. The Kier molecular flexibility index (Phi) is 5.94. The maximum Gasteiger partial charge on any atom is 0.278 e. The highest BCUT2D eigenvalue weighted by Gasteiger charge is 2.18. The Morgan fingerprint density at radius 3 is 2.53 bits per heavy atom. The van der Waals surface area contributed by atoms with Crippen molar-refractivity contribution < 1.29 is 4.79 Å². The number of benzene rings is 2. The van der Waals surface area contributed by atoms with Crippen molar-refractivity contribution in [2.45, 2.75) is 32.7 Å². The van der Waals surface area contributed by atoms with Gasteiger partial charge in [0.25, 0.3) is 11.5 Å². The average molecular weight is 420 g/mol. The molecule has 30 heavy (non-hydrogen) atoms. The standard InChI is InChI=1S/C22H21N5O2S/c1-2-3-13-27-21(29)17-12-8-7-11-16(17)19(26-27)20(28)23-22-25-24-18(30-22)14-15-9-5-4-6-10-15/h4-12H,2-3,13-14H2,1H3,(H,23,25,28). The Morgan fingerprint density at radius 1 is 1.03 bits per heavy atom. The van der Waals surface area contributed by atoms with E-state index in [1.807, 2.05) is 37.3 Å². The van der Waals surface area contributed by atoms with Crippen molar-refractivity contribution in [2.75, 3.05) is 5.32 Å². The van der Waals surface area contributed by atoms with E-state index in [-0.39, 0.29) is 11.3 Å². The fraction of sp³-hybridized carbons (Fsp3) is 0.227. The normalized spacial score (nSPS) is 11.0. The molecule has 0 saturated heterocycles. The van der Waals surface area contributed by atoms with Gasteiger partial charge in [-0.2, -0.15) is 5.10 Å². The second kappa shape index (κ2) is 8.96. The van der Waals surface area contributed by atoms with Crippen LogP contribution in [0.4, 0.5) is 5.13 Å². The van der Waals surface area contributed by atoms with E-state index < -0.39 is 5.91 Å². The maximum atomic E-state index is 13.0. The van der Waals surface area contributed by atoms with Crippen LogP contribution < -0.4 is 10.9 Å². The predicted molar refractivity (Wildman–Crippen MR) is 118 cm³/mol. The molecular formula is C22H21N5O2S. The number of hydrogen-bond acceptors (Lipinski definition) is 6. The Bertz CT molecular complexity index is 1230. The van der Waals surface area contributed by atoms with Gasteiger partial charge in [0.05, 0.1) is 5.39 Å². The summed E-state index contributed by atoms with van der Waals surface area (Å²) in [5.74, 6) is -0.404. The van der Waals surface area contributed by atoms with Crippen molar-refractivity contribution in [1.82, 2.24) is 20.0 Å². The van der Waals surface area contributed by atoms with E-state index in [2.05, 4.69) is 20.6 Å². The quantitative estimate of drug-likeness (QED) is 0.491. The van der Waals surface area contributed by atoms with Gasteiger partial charge in [-0.1, -0.05) is 73.2 Å². The van der Waals surface area contributed by atoms with E-state index in [0.29, 0.717) is 28.9 Å². The third-order valence-corrected chi connectivity index (χ3v) is 5.53. The summed E-state index contributed by atoms with van der Waals surface area (Å²) in [7, 11) is 0. The van der Waals surface area contributed by atoms with E-state index in [0.717, 1.165) is 23.4 Å². The highest BCUT2D eigenvalue weighted by Crippen LogP contribution is 2.20. The van der Waals surface area contributed by atoms with Gasteiger partial charge < -0.3 is 0 Å². The van der Waals surface area contributed by atoms with Crippen LogP contribution in [0.15, 0.2) is 59.4 Å². The summed E-state index contributed by atoms with van der Waals surface area (Å²) in [6.45, 7) is 2.52. The van der Waals surface area contributed by atoms with Crippen molar-refractivity contribution in [3.63, 3.8) is 0 Å². The van der Waals surface area contributed by atoms with Gasteiger partial charge in [-0.25, -0.2) is 4.68 Å². The number of aryl methyl sites for hydroxylation is 1. The predicted octanol–water partition coefficient (Wildman–Crippen LogP) is 3.89.